The van der Waals surface area contributed by atoms with Gasteiger partial charge in [-0.3, -0.25) is 4.90 Å². The number of unbranched alkanes of at least 4 members (excludes halogenated alkanes) is 4. The number of rotatable bonds is 19. The van der Waals surface area contributed by atoms with Gasteiger partial charge in [0.25, 0.3) is 0 Å². The number of carbonyl (C=O) groups excluding carboxylic acids is 2. The number of aliphatic hydroxyl groups excluding tert-OH is 1. The Labute approximate surface area is 222 Å². The minimum atomic E-state index is -0.347. The smallest absolute Gasteiger partial charge is 0.333 e. The Hall–Kier alpha value is -1.70. The molecule has 0 fully saturated rings. The van der Waals surface area contributed by atoms with E-state index >= 15 is 0 Å². The molecule has 0 bridgehead atoms. The van der Waals surface area contributed by atoms with Crippen LogP contribution in [-0.2, 0) is 19.1 Å². The third-order valence-electron chi connectivity index (χ3n) is 5.25. The molecule has 0 aliphatic rings. The van der Waals surface area contributed by atoms with Gasteiger partial charge < -0.3 is 19.5 Å². The fourth-order valence-electron chi connectivity index (χ4n) is 2.90. The van der Waals surface area contributed by atoms with E-state index in [1.807, 2.05) is 0 Å². The van der Waals surface area contributed by atoms with Crippen LogP contribution in [-0.4, -0.2) is 86.4 Å². The molecule has 0 amide bonds. The summed E-state index contributed by atoms with van der Waals surface area (Å²) in [4.78, 5) is 26.1. The van der Waals surface area contributed by atoms with Gasteiger partial charge in [0.1, 0.15) is 6.61 Å². The van der Waals surface area contributed by atoms with Crippen LogP contribution >= 0.6 is 0 Å². The van der Waals surface area contributed by atoms with E-state index in [-0.39, 0.29) is 11.9 Å². The molecule has 0 aromatic carbocycles. The van der Waals surface area contributed by atoms with E-state index in [2.05, 4.69) is 55.4 Å². The second kappa shape index (κ2) is 29.5. The van der Waals surface area contributed by atoms with E-state index in [0.29, 0.717) is 24.4 Å². The van der Waals surface area contributed by atoms with Crippen molar-refractivity contribution < 1.29 is 24.2 Å². The van der Waals surface area contributed by atoms with Crippen LogP contribution in [0.3, 0.4) is 0 Å². The summed E-state index contributed by atoms with van der Waals surface area (Å²) in [5.74, 6) is -0.629. The lowest BCUT2D eigenvalue weighted by molar-refractivity contribution is -0.139. The molecule has 0 aromatic rings. The molecule has 0 radical (unpaired) electrons. The number of methoxy groups -OCH3 is 1. The van der Waals surface area contributed by atoms with Crippen molar-refractivity contribution in [2.45, 2.75) is 92.9 Å². The standard InChI is InChI=1S/C14H27NO2.C10H23NO.C5H8O2/c1-5-7-9-15(10-8-6-2)11-12-17-14(16)13(3)4;1-3-5-7-11(9-10-12)8-6-4-2;1-4(2)5(6)7-3/h3,5-12H2,1-2,4H3;12H,3-10H2,1-2H3;1H2,2-3H3. The van der Waals surface area contributed by atoms with Crippen LogP contribution in [0.1, 0.15) is 92.9 Å². The van der Waals surface area contributed by atoms with Crippen LogP contribution in [0.15, 0.2) is 24.3 Å². The highest BCUT2D eigenvalue weighted by Gasteiger charge is 2.07. The molecule has 0 aliphatic heterocycles. The first-order valence-corrected chi connectivity index (χ1v) is 13.8. The highest BCUT2D eigenvalue weighted by atomic mass is 16.5. The zero-order valence-electron chi connectivity index (χ0n) is 24.7. The summed E-state index contributed by atoms with van der Waals surface area (Å²) in [6.45, 7) is 25.9. The fraction of sp³-hybridized carbons (Fsp3) is 0.793. The van der Waals surface area contributed by atoms with Crippen molar-refractivity contribution in [1.29, 1.82) is 0 Å². The first-order chi connectivity index (χ1) is 17.1. The number of hydrogen-bond donors (Lipinski definition) is 1. The van der Waals surface area contributed by atoms with E-state index in [4.69, 9.17) is 9.84 Å². The predicted octanol–water partition coefficient (Wildman–Crippen LogP) is 5.62. The molecule has 0 rings (SSSR count). The Morgan fingerprint density at radius 2 is 1.03 bits per heavy atom. The van der Waals surface area contributed by atoms with Crippen molar-refractivity contribution in [3.05, 3.63) is 24.3 Å². The van der Waals surface area contributed by atoms with Gasteiger partial charge in [-0.2, -0.15) is 0 Å². The number of carbonyl (C=O) groups is 2. The minimum absolute atomic E-state index is 0.282. The number of hydrogen-bond acceptors (Lipinski definition) is 7. The van der Waals surface area contributed by atoms with Crippen molar-refractivity contribution >= 4 is 11.9 Å². The third-order valence-corrected chi connectivity index (χ3v) is 5.25. The Morgan fingerprint density at radius 1 is 0.667 bits per heavy atom. The molecular weight excluding hydrogens is 456 g/mol. The normalized spacial score (nSPS) is 10.2. The lowest BCUT2D eigenvalue weighted by Gasteiger charge is -2.21. The molecule has 7 heteroatoms. The summed E-state index contributed by atoms with van der Waals surface area (Å²) in [7, 11) is 1.33. The van der Waals surface area contributed by atoms with Crippen molar-refractivity contribution in [2.75, 3.05) is 59.6 Å². The summed E-state index contributed by atoms with van der Waals surface area (Å²) in [6, 6.07) is 0. The Morgan fingerprint density at radius 3 is 1.28 bits per heavy atom. The van der Waals surface area contributed by atoms with E-state index in [0.717, 1.165) is 39.3 Å². The number of aliphatic hydroxyl groups is 1. The van der Waals surface area contributed by atoms with Crippen LogP contribution in [0.2, 0.25) is 0 Å². The van der Waals surface area contributed by atoms with Gasteiger partial charge in [-0.05, 0) is 65.7 Å². The molecular formula is C29H58N2O5. The van der Waals surface area contributed by atoms with Crippen LogP contribution in [0.25, 0.3) is 0 Å². The molecule has 0 heterocycles. The molecule has 7 nitrogen and oxygen atoms in total. The lowest BCUT2D eigenvalue weighted by atomic mass is 10.2. The van der Waals surface area contributed by atoms with Crippen molar-refractivity contribution in [2.24, 2.45) is 0 Å². The molecule has 0 spiro atoms. The lowest BCUT2D eigenvalue weighted by Crippen LogP contribution is -2.30. The predicted molar refractivity (Wildman–Crippen MR) is 152 cm³/mol. The Balaban J connectivity index is -0.000000497. The number of nitrogens with zero attached hydrogens (tertiary/aromatic N) is 2. The van der Waals surface area contributed by atoms with Gasteiger partial charge in [-0.25, -0.2) is 9.59 Å². The number of ether oxygens (including phenoxy) is 2. The van der Waals surface area contributed by atoms with Gasteiger partial charge >= 0.3 is 11.9 Å². The van der Waals surface area contributed by atoms with E-state index in [9.17, 15) is 9.59 Å². The van der Waals surface area contributed by atoms with Gasteiger partial charge in [0.15, 0.2) is 0 Å². The van der Waals surface area contributed by atoms with Crippen LogP contribution in [0, 0.1) is 0 Å². The third kappa shape index (κ3) is 28.5. The van der Waals surface area contributed by atoms with Gasteiger partial charge in [0.2, 0.25) is 0 Å². The first kappa shape index (κ1) is 38.8. The molecule has 0 saturated heterocycles. The summed E-state index contributed by atoms with van der Waals surface area (Å²) >= 11 is 0. The van der Waals surface area contributed by atoms with Gasteiger partial charge in [0.05, 0.1) is 13.7 Å². The topological polar surface area (TPSA) is 79.3 Å². The molecule has 0 atom stereocenters. The first-order valence-electron chi connectivity index (χ1n) is 13.8. The van der Waals surface area contributed by atoms with Crippen molar-refractivity contribution in [1.82, 2.24) is 9.80 Å². The zero-order chi connectivity index (χ0) is 28.2. The second-order valence-corrected chi connectivity index (χ2v) is 9.01. The maximum absolute atomic E-state index is 11.2. The maximum Gasteiger partial charge on any atom is 0.333 e. The molecule has 36 heavy (non-hydrogen) atoms. The fourth-order valence-corrected chi connectivity index (χ4v) is 2.90. The summed E-state index contributed by atoms with van der Waals surface area (Å²) < 4.78 is 9.39. The second-order valence-electron chi connectivity index (χ2n) is 9.01. The van der Waals surface area contributed by atoms with E-state index in [1.54, 1.807) is 13.8 Å². The quantitative estimate of drug-likeness (QED) is 0.177. The van der Waals surface area contributed by atoms with Gasteiger partial charge in [0, 0.05) is 24.2 Å². The number of esters is 2. The monoisotopic (exact) mass is 514 g/mol. The molecule has 0 aliphatic carbocycles. The largest absolute Gasteiger partial charge is 0.466 e. The SMILES string of the molecule is C=C(C)C(=O)OC.C=C(C)C(=O)OCCN(CCCC)CCCC.CCCCN(CCO)CCCC. The average molecular weight is 515 g/mol. The van der Waals surface area contributed by atoms with E-state index < -0.39 is 0 Å². The highest BCUT2D eigenvalue weighted by molar-refractivity contribution is 5.87. The summed E-state index contributed by atoms with van der Waals surface area (Å²) in [5, 5.41) is 8.79. The highest BCUT2D eigenvalue weighted by Crippen LogP contribution is 2.00. The Kier molecular flexibility index (Phi) is 31.8. The molecule has 0 unspecified atom stereocenters. The minimum Gasteiger partial charge on any atom is -0.466 e. The van der Waals surface area contributed by atoms with Crippen LogP contribution < -0.4 is 0 Å². The summed E-state index contributed by atoms with van der Waals surface area (Å²) in [6.07, 6.45) is 9.81. The Bertz CT molecular complexity index is 536. The van der Waals surface area contributed by atoms with Crippen molar-refractivity contribution in [3.8, 4) is 0 Å². The molecule has 214 valence electrons. The van der Waals surface area contributed by atoms with E-state index in [1.165, 1.54) is 58.5 Å². The van der Waals surface area contributed by atoms with Crippen LogP contribution in [0.5, 0.6) is 0 Å². The zero-order valence-corrected chi connectivity index (χ0v) is 24.7. The maximum atomic E-state index is 11.2. The summed E-state index contributed by atoms with van der Waals surface area (Å²) in [5.41, 5.74) is 0.904. The average Bonchev–Trinajstić information content (AvgIpc) is 2.86. The molecule has 0 aromatic heterocycles. The molecule has 1 N–H and O–H groups in total. The van der Waals surface area contributed by atoms with Gasteiger partial charge in [-0.15, -0.1) is 0 Å². The molecule has 0 saturated carbocycles. The van der Waals surface area contributed by atoms with Crippen molar-refractivity contribution in [3.63, 3.8) is 0 Å². The van der Waals surface area contributed by atoms with Gasteiger partial charge in [-0.1, -0.05) is 66.5 Å². The van der Waals surface area contributed by atoms with Crippen LogP contribution in [0.4, 0.5) is 0 Å².